The minimum absolute atomic E-state index is 0.0570. The molecule has 1 atom stereocenters. The number of hydrogen-bond acceptors (Lipinski definition) is 5. The Hall–Kier alpha value is -2.60. The molecule has 1 N–H and O–H groups in total. The maximum Gasteiger partial charge on any atom is 0.339 e. The zero-order chi connectivity index (χ0) is 21.4. The van der Waals surface area contributed by atoms with Gasteiger partial charge in [-0.1, -0.05) is 43.3 Å². The van der Waals surface area contributed by atoms with Crippen molar-refractivity contribution in [3.63, 3.8) is 0 Å². The third-order valence-corrected chi connectivity index (χ3v) is 5.29. The Morgan fingerprint density at radius 3 is 2.28 bits per heavy atom. The summed E-state index contributed by atoms with van der Waals surface area (Å²) in [5.41, 5.74) is 1.99. The number of ketones is 1. The Morgan fingerprint density at radius 2 is 1.66 bits per heavy atom. The van der Waals surface area contributed by atoms with E-state index >= 15 is 0 Å². The number of carbonyl (C=O) groups excluding carboxylic acids is 3. The summed E-state index contributed by atoms with van der Waals surface area (Å²) in [5.74, 6) is -0.737. The second-order valence-electron chi connectivity index (χ2n) is 6.97. The lowest BCUT2D eigenvalue weighted by Crippen LogP contribution is -2.31. The van der Waals surface area contributed by atoms with Crippen LogP contribution in [0.2, 0.25) is 0 Å². The van der Waals surface area contributed by atoms with Crippen LogP contribution in [0.5, 0.6) is 0 Å². The molecule has 2 aromatic carbocycles. The molecule has 0 spiro atoms. The first-order chi connectivity index (χ1) is 13.8. The lowest BCUT2D eigenvalue weighted by Gasteiger charge is -2.14. The van der Waals surface area contributed by atoms with Gasteiger partial charge in [-0.3, -0.25) is 9.59 Å². The highest BCUT2D eigenvalue weighted by atomic mass is 32.2. The standard InChI is InChI=1S/C23H27NO4S/c1-5-17-10-12-18(13-11-17)22(26)16(4)28-23(27)19-8-6-7-9-20(19)29-14-21(25)24-15(2)3/h6-13,15-16H,5,14H2,1-4H3,(H,24,25). The summed E-state index contributed by atoms with van der Waals surface area (Å²) in [6.45, 7) is 7.40. The van der Waals surface area contributed by atoms with Crippen molar-refractivity contribution in [2.45, 2.75) is 51.2 Å². The molecule has 5 nitrogen and oxygen atoms in total. The fraction of sp³-hybridized carbons (Fsp3) is 0.348. The summed E-state index contributed by atoms with van der Waals surface area (Å²) in [6, 6.07) is 14.3. The average Bonchev–Trinajstić information content (AvgIpc) is 2.71. The Morgan fingerprint density at radius 1 is 1.00 bits per heavy atom. The molecule has 0 bridgehead atoms. The number of ether oxygens (including phenoxy) is 1. The zero-order valence-electron chi connectivity index (χ0n) is 17.2. The van der Waals surface area contributed by atoms with Crippen LogP contribution < -0.4 is 5.32 Å². The zero-order valence-corrected chi connectivity index (χ0v) is 18.0. The van der Waals surface area contributed by atoms with Crippen LogP contribution in [0, 0.1) is 0 Å². The minimum atomic E-state index is -0.905. The van der Waals surface area contributed by atoms with E-state index in [4.69, 9.17) is 4.74 Å². The van der Waals surface area contributed by atoms with E-state index in [1.54, 1.807) is 43.3 Å². The molecule has 0 fully saturated rings. The first-order valence-corrected chi connectivity index (χ1v) is 10.7. The van der Waals surface area contributed by atoms with Gasteiger partial charge in [-0.05, 0) is 44.9 Å². The second-order valence-corrected chi connectivity index (χ2v) is 7.99. The molecule has 0 aliphatic carbocycles. The van der Waals surface area contributed by atoms with Gasteiger partial charge in [-0.15, -0.1) is 11.8 Å². The van der Waals surface area contributed by atoms with Gasteiger partial charge in [0.2, 0.25) is 11.7 Å². The third-order valence-electron chi connectivity index (χ3n) is 4.22. The summed E-state index contributed by atoms with van der Waals surface area (Å²) in [4.78, 5) is 37.8. The van der Waals surface area contributed by atoms with E-state index in [1.165, 1.54) is 11.8 Å². The van der Waals surface area contributed by atoms with E-state index in [9.17, 15) is 14.4 Å². The molecule has 0 radical (unpaired) electrons. The molecular weight excluding hydrogens is 386 g/mol. The minimum Gasteiger partial charge on any atom is -0.451 e. The molecule has 1 unspecified atom stereocenters. The summed E-state index contributed by atoms with van der Waals surface area (Å²) in [7, 11) is 0. The van der Waals surface area contributed by atoms with Gasteiger partial charge in [0.25, 0.3) is 0 Å². The fourth-order valence-corrected chi connectivity index (χ4v) is 3.54. The van der Waals surface area contributed by atoms with Gasteiger partial charge in [0.15, 0.2) is 6.10 Å². The maximum atomic E-state index is 12.6. The summed E-state index contributed by atoms with van der Waals surface area (Å²) in [5, 5.41) is 2.81. The average molecular weight is 414 g/mol. The highest BCUT2D eigenvalue weighted by Gasteiger charge is 2.22. The number of benzene rings is 2. The van der Waals surface area contributed by atoms with Crippen molar-refractivity contribution in [1.29, 1.82) is 0 Å². The van der Waals surface area contributed by atoms with Crippen LogP contribution in [-0.4, -0.2) is 35.6 Å². The third kappa shape index (κ3) is 6.75. The first-order valence-electron chi connectivity index (χ1n) is 9.67. The molecule has 0 saturated heterocycles. The lowest BCUT2D eigenvalue weighted by atomic mass is 10.0. The largest absolute Gasteiger partial charge is 0.451 e. The highest BCUT2D eigenvalue weighted by Crippen LogP contribution is 2.24. The number of nitrogens with one attached hydrogen (secondary N) is 1. The summed E-state index contributed by atoms with van der Waals surface area (Å²) < 4.78 is 5.42. The van der Waals surface area contributed by atoms with Crippen LogP contribution in [-0.2, 0) is 16.0 Å². The van der Waals surface area contributed by atoms with Crippen molar-refractivity contribution in [2.75, 3.05) is 5.75 Å². The number of rotatable bonds is 9. The molecule has 1 amide bonds. The van der Waals surface area contributed by atoms with Crippen molar-refractivity contribution in [3.8, 4) is 0 Å². The van der Waals surface area contributed by atoms with Crippen LogP contribution in [0.4, 0.5) is 0 Å². The molecule has 154 valence electrons. The Kier molecular flexibility index (Phi) is 8.46. The molecule has 29 heavy (non-hydrogen) atoms. The Labute approximate surface area is 176 Å². The highest BCUT2D eigenvalue weighted by molar-refractivity contribution is 8.00. The predicted molar refractivity (Wildman–Crippen MR) is 115 cm³/mol. The normalized spacial score (nSPS) is 11.8. The number of Topliss-reactive ketones (excluding diaryl/α,β-unsaturated/α-hetero) is 1. The van der Waals surface area contributed by atoms with E-state index in [1.807, 2.05) is 32.9 Å². The van der Waals surface area contributed by atoms with E-state index in [0.29, 0.717) is 16.0 Å². The molecule has 2 rings (SSSR count). The number of thioether (sulfide) groups is 1. The molecule has 0 aliphatic heterocycles. The molecule has 6 heteroatoms. The number of amides is 1. The van der Waals surface area contributed by atoms with E-state index < -0.39 is 12.1 Å². The maximum absolute atomic E-state index is 12.6. The first kappa shape index (κ1) is 22.7. The van der Waals surface area contributed by atoms with Gasteiger partial charge < -0.3 is 10.1 Å². The van der Waals surface area contributed by atoms with E-state index in [2.05, 4.69) is 5.32 Å². The quantitative estimate of drug-likeness (QED) is 0.377. The Balaban J connectivity index is 2.04. The van der Waals surface area contributed by atoms with Crippen LogP contribution >= 0.6 is 11.8 Å². The van der Waals surface area contributed by atoms with Crippen molar-refractivity contribution in [2.24, 2.45) is 0 Å². The smallest absolute Gasteiger partial charge is 0.339 e. The second kappa shape index (κ2) is 10.8. The number of aryl methyl sites for hydroxylation is 1. The van der Waals surface area contributed by atoms with Crippen LogP contribution in [0.25, 0.3) is 0 Å². The van der Waals surface area contributed by atoms with Gasteiger partial charge >= 0.3 is 5.97 Å². The molecule has 0 heterocycles. The van der Waals surface area contributed by atoms with Gasteiger partial charge in [0, 0.05) is 16.5 Å². The summed E-state index contributed by atoms with van der Waals surface area (Å²) >= 11 is 1.26. The summed E-state index contributed by atoms with van der Waals surface area (Å²) in [6.07, 6.45) is -0.0138. The fourth-order valence-electron chi connectivity index (χ4n) is 2.69. The molecular formula is C23H27NO4S. The molecule has 2 aromatic rings. The SMILES string of the molecule is CCc1ccc(C(=O)C(C)OC(=O)c2ccccc2SCC(=O)NC(C)C)cc1. The predicted octanol–water partition coefficient (Wildman–Crippen LogP) is 4.29. The van der Waals surface area contributed by atoms with Gasteiger partial charge in [0.05, 0.1) is 11.3 Å². The van der Waals surface area contributed by atoms with Crippen molar-refractivity contribution >= 4 is 29.4 Å². The van der Waals surface area contributed by atoms with Crippen molar-refractivity contribution < 1.29 is 19.1 Å². The van der Waals surface area contributed by atoms with Crippen LogP contribution in [0.15, 0.2) is 53.4 Å². The monoisotopic (exact) mass is 413 g/mol. The lowest BCUT2D eigenvalue weighted by molar-refractivity contribution is -0.119. The number of hydrogen-bond donors (Lipinski definition) is 1. The van der Waals surface area contributed by atoms with E-state index in [-0.39, 0.29) is 23.5 Å². The Bertz CT molecular complexity index is 861. The van der Waals surface area contributed by atoms with Gasteiger partial charge in [0.1, 0.15) is 0 Å². The molecule has 0 saturated carbocycles. The van der Waals surface area contributed by atoms with Crippen LogP contribution in [0.1, 0.15) is 54.0 Å². The van der Waals surface area contributed by atoms with E-state index in [0.717, 1.165) is 12.0 Å². The van der Waals surface area contributed by atoms with Crippen molar-refractivity contribution in [3.05, 3.63) is 65.2 Å². The number of carbonyl (C=O) groups is 3. The molecule has 0 aliphatic rings. The van der Waals surface area contributed by atoms with Gasteiger partial charge in [-0.2, -0.15) is 0 Å². The topological polar surface area (TPSA) is 72.5 Å². The number of esters is 1. The van der Waals surface area contributed by atoms with Crippen molar-refractivity contribution in [1.82, 2.24) is 5.32 Å². The van der Waals surface area contributed by atoms with Gasteiger partial charge in [-0.25, -0.2) is 4.79 Å². The molecule has 0 aromatic heterocycles. The van der Waals surface area contributed by atoms with Crippen LogP contribution in [0.3, 0.4) is 0 Å².